The number of rotatable bonds is 2. The minimum absolute atomic E-state index is 0. The average molecular weight is 325 g/mol. The van der Waals surface area contributed by atoms with Gasteiger partial charge in [-0.3, -0.25) is 0 Å². The van der Waals surface area contributed by atoms with Crippen LogP contribution in [0.2, 0.25) is 0 Å². The quantitative estimate of drug-likeness (QED) is 0.398. The molecule has 0 saturated carbocycles. The largest absolute Gasteiger partial charge is 2.00 e. The van der Waals surface area contributed by atoms with E-state index in [0.717, 1.165) is 0 Å². The molecule has 2 aromatic rings. The molecule has 0 aliphatic rings. The van der Waals surface area contributed by atoms with Gasteiger partial charge in [0, 0.05) is 0 Å². The molecule has 1 nitrogen and oxygen atoms in total. The van der Waals surface area contributed by atoms with Gasteiger partial charge in [-0.1, -0.05) is 40.7 Å². The topological polar surface area (TPSA) is 26.0 Å². The smallest absolute Gasteiger partial charge is 0.415 e. The Kier molecular flexibility index (Phi) is 9.48. The molecule has 0 amide bonds. The Morgan fingerprint density at radius 3 is 1.44 bits per heavy atom. The van der Waals surface area contributed by atoms with Crippen molar-refractivity contribution in [3.63, 3.8) is 0 Å². The van der Waals surface area contributed by atoms with Gasteiger partial charge in [-0.05, 0) is 0 Å². The molecule has 0 atom stereocenters. The van der Waals surface area contributed by atoms with Crippen LogP contribution in [0.1, 0.15) is 11.1 Å². The van der Waals surface area contributed by atoms with E-state index in [4.69, 9.17) is 0 Å². The van der Waals surface area contributed by atoms with Crippen LogP contribution in [0, 0.1) is 6.42 Å². The van der Waals surface area contributed by atoms with Gasteiger partial charge in [0.25, 0.3) is 0 Å². The molecular weight excluding hydrogens is 312 g/mol. The molecule has 0 radical (unpaired) electrons. The molecule has 2 rings (SSSR count). The summed E-state index contributed by atoms with van der Waals surface area (Å²) in [5.41, 5.74) is 7.15. The van der Waals surface area contributed by atoms with Crippen LogP contribution in [-0.2, 0) is 32.1 Å². The van der Waals surface area contributed by atoms with Gasteiger partial charge in [-0.2, -0.15) is 0 Å². The van der Waals surface area contributed by atoms with Crippen molar-refractivity contribution in [1.29, 1.82) is 0 Å². The van der Waals surface area contributed by atoms with Gasteiger partial charge in [0.2, 0.25) is 0 Å². The van der Waals surface area contributed by atoms with E-state index in [-0.39, 0.29) is 23.8 Å². The second-order valence-electron chi connectivity index (χ2n) is 3.28. The molecule has 18 heavy (non-hydrogen) atoms. The number of nitrogens with two attached hydrogens (primary N) is 1. The van der Waals surface area contributed by atoms with Gasteiger partial charge in [0.1, 0.15) is 0 Å². The van der Waals surface area contributed by atoms with Crippen LogP contribution in [0.25, 0.3) is 0 Å². The molecular formula is C14H13NS2Zn. The van der Waals surface area contributed by atoms with E-state index in [2.05, 4.69) is 85.5 Å². The zero-order chi connectivity index (χ0) is 12.5. The Balaban J connectivity index is 0.000000512. The standard InChI is InChI=1S/C13H11.CH3NS2.Zn/c1-3-7-12(8-4-1)11-13-9-5-2-6-10-13;2-1(3)4;/h1-11H;(H3,2,3,4);/q-1;;+2/p-1. The molecule has 0 unspecified atom stereocenters. The first kappa shape index (κ1) is 17.0. The minimum atomic E-state index is 0. The van der Waals surface area contributed by atoms with Crippen LogP contribution < -0.4 is 5.73 Å². The van der Waals surface area contributed by atoms with Crippen LogP contribution in [0.15, 0.2) is 60.7 Å². The molecule has 0 aliphatic heterocycles. The molecule has 2 aromatic carbocycles. The third-order valence-electron chi connectivity index (χ3n) is 1.93. The van der Waals surface area contributed by atoms with Crippen molar-refractivity contribution in [1.82, 2.24) is 0 Å². The summed E-state index contributed by atoms with van der Waals surface area (Å²) >= 11 is 8.26. The molecule has 2 N–H and O–H groups in total. The summed E-state index contributed by atoms with van der Waals surface area (Å²) in [4.78, 5) is 0. The normalized spacial score (nSPS) is 8.22. The molecule has 0 heterocycles. The summed E-state index contributed by atoms with van der Waals surface area (Å²) in [6.45, 7) is 0. The van der Waals surface area contributed by atoms with Crippen LogP contribution in [0.3, 0.4) is 0 Å². The first-order valence-electron chi connectivity index (χ1n) is 5.10. The molecule has 4 heteroatoms. The fraction of sp³-hybridized carbons (Fsp3) is 0. The minimum Gasteiger partial charge on any atom is -0.415 e. The number of benzene rings is 2. The molecule has 0 saturated heterocycles. The Bertz CT molecular complexity index is 404. The summed E-state index contributed by atoms with van der Waals surface area (Å²) in [6.07, 6.45) is 2.17. The predicted octanol–water partition coefficient (Wildman–Crippen LogP) is 3.06. The summed E-state index contributed by atoms with van der Waals surface area (Å²) < 4.78 is 0.0833. The van der Waals surface area contributed by atoms with E-state index in [1.807, 2.05) is 12.1 Å². The molecule has 0 bridgehead atoms. The fourth-order valence-corrected chi connectivity index (χ4v) is 1.29. The predicted molar refractivity (Wildman–Crippen MR) is 79.5 cm³/mol. The van der Waals surface area contributed by atoms with E-state index in [1.165, 1.54) is 11.1 Å². The second-order valence-corrected chi connectivity index (χ2v) is 4.42. The summed E-state index contributed by atoms with van der Waals surface area (Å²) in [6, 6.07) is 20.7. The molecule has 88 valence electrons. The zero-order valence-electron chi connectivity index (χ0n) is 9.95. The molecule has 0 aliphatic carbocycles. The molecule has 0 fully saturated rings. The molecule has 0 spiro atoms. The Morgan fingerprint density at radius 2 is 1.17 bits per heavy atom. The van der Waals surface area contributed by atoms with Crippen molar-refractivity contribution in [3.05, 3.63) is 78.2 Å². The number of hydrogen-bond donors (Lipinski definition) is 1. The van der Waals surface area contributed by atoms with E-state index < -0.39 is 0 Å². The number of thiocarbonyl (C=S) groups is 1. The van der Waals surface area contributed by atoms with Crippen molar-refractivity contribution in [2.75, 3.05) is 0 Å². The fourth-order valence-electron chi connectivity index (χ4n) is 1.29. The maximum Gasteiger partial charge on any atom is 2.00 e. The Labute approximate surface area is 132 Å². The van der Waals surface area contributed by atoms with Gasteiger partial charge in [0.15, 0.2) is 0 Å². The monoisotopic (exact) mass is 323 g/mol. The van der Waals surface area contributed by atoms with Gasteiger partial charge >= 0.3 is 19.5 Å². The van der Waals surface area contributed by atoms with Gasteiger partial charge in [0.05, 0.1) is 0 Å². The first-order chi connectivity index (χ1) is 8.18. The van der Waals surface area contributed by atoms with E-state index in [1.54, 1.807) is 0 Å². The van der Waals surface area contributed by atoms with Crippen LogP contribution >= 0.6 is 12.2 Å². The van der Waals surface area contributed by atoms with Crippen molar-refractivity contribution in [2.24, 2.45) is 5.73 Å². The van der Waals surface area contributed by atoms with Gasteiger partial charge < -0.3 is 30.6 Å². The van der Waals surface area contributed by atoms with Crippen LogP contribution in [0.5, 0.6) is 0 Å². The maximum atomic E-state index is 4.66. The van der Waals surface area contributed by atoms with Crippen molar-refractivity contribution in [3.8, 4) is 0 Å². The van der Waals surface area contributed by atoms with Crippen molar-refractivity contribution in [2.45, 2.75) is 0 Å². The summed E-state index contributed by atoms with van der Waals surface area (Å²) in [5, 5.41) is 0. The Hall–Kier alpha value is -0.957. The second kappa shape index (κ2) is 10.0. The van der Waals surface area contributed by atoms with Gasteiger partial charge in [-0.15, -0.1) is 41.8 Å². The number of hydrogen-bond acceptors (Lipinski definition) is 2. The van der Waals surface area contributed by atoms with Crippen molar-refractivity contribution >= 4 is 29.2 Å². The SMILES string of the molecule is NC(=S)[S-].[Zn+2].c1ccc([CH-]c2ccccc2)cc1. The van der Waals surface area contributed by atoms with Crippen LogP contribution in [0.4, 0.5) is 0 Å². The van der Waals surface area contributed by atoms with Crippen LogP contribution in [-0.4, -0.2) is 4.32 Å². The van der Waals surface area contributed by atoms with E-state index in [0.29, 0.717) is 0 Å². The Morgan fingerprint density at radius 1 is 0.889 bits per heavy atom. The van der Waals surface area contributed by atoms with Gasteiger partial charge in [-0.25, -0.2) is 0 Å². The van der Waals surface area contributed by atoms with E-state index >= 15 is 0 Å². The maximum absolute atomic E-state index is 4.66. The average Bonchev–Trinajstić information content (AvgIpc) is 2.31. The summed E-state index contributed by atoms with van der Waals surface area (Å²) in [7, 11) is 0. The van der Waals surface area contributed by atoms with Crippen molar-refractivity contribution < 1.29 is 19.5 Å². The van der Waals surface area contributed by atoms with E-state index in [9.17, 15) is 0 Å². The molecule has 0 aromatic heterocycles. The first-order valence-corrected chi connectivity index (χ1v) is 5.91. The third kappa shape index (κ3) is 8.18. The zero-order valence-corrected chi connectivity index (χ0v) is 14.6. The summed E-state index contributed by atoms with van der Waals surface area (Å²) in [5.74, 6) is 0. The third-order valence-corrected chi connectivity index (χ3v) is 1.93.